The van der Waals surface area contributed by atoms with E-state index in [1.807, 2.05) is 37.5 Å². The Labute approximate surface area is 214 Å². The van der Waals surface area contributed by atoms with Crippen molar-refractivity contribution in [3.05, 3.63) is 51.9 Å². The van der Waals surface area contributed by atoms with Gasteiger partial charge < -0.3 is 24.4 Å². The first kappa shape index (κ1) is 25.4. The van der Waals surface area contributed by atoms with Crippen LogP contribution in [0.15, 0.2) is 35.1 Å². The van der Waals surface area contributed by atoms with Crippen LogP contribution in [0.2, 0.25) is 0 Å². The van der Waals surface area contributed by atoms with E-state index in [1.165, 1.54) is 11.8 Å². The number of carbonyl (C=O) groups excluding carboxylic acids is 2. The Morgan fingerprint density at radius 1 is 1.33 bits per heavy atom. The number of ether oxygens (including phenoxy) is 3. The van der Waals surface area contributed by atoms with Crippen molar-refractivity contribution in [1.29, 1.82) is 0 Å². The zero-order valence-corrected chi connectivity index (χ0v) is 21.5. The molecule has 10 heteroatoms. The smallest absolute Gasteiger partial charge is 0.409 e. The highest BCUT2D eigenvalue weighted by Gasteiger charge is 2.30. The number of hydrogen-bond donors (Lipinski definition) is 1. The molecular weight excluding hydrogens is 480 g/mol. The molecule has 1 saturated heterocycles. The Bertz CT molecular complexity index is 1230. The number of methoxy groups -OCH3 is 1. The van der Waals surface area contributed by atoms with Gasteiger partial charge in [0.1, 0.15) is 24.7 Å². The number of hydrogen-bond acceptors (Lipinski definition) is 7. The maximum Gasteiger partial charge on any atom is 0.409 e. The normalized spacial score (nSPS) is 14.1. The molecule has 2 aliphatic rings. The minimum absolute atomic E-state index is 0.207. The molecule has 1 fully saturated rings. The van der Waals surface area contributed by atoms with Crippen LogP contribution in [-0.2, 0) is 11.3 Å². The third kappa shape index (κ3) is 5.43. The van der Waals surface area contributed by atoms with Gasteiger partial charge in [-0.05, 0) is 37.2 Å². The molecule has 1 N–H and O–H groups in total. The van der Waals surface area contributed by atoms with Gasteiger partial charge in [-0.25, -0.2) is 9.48 Å². The van der Waals surface area contributed by atoms with Crippen molar-refractivity contribution in [2.24, 2.45) is 0 Å². The number of fused-ring (bicyclic) bond motifs is 3. The predicted octanol–water partition coefficient (Wildman–Crippen LogP) is 4.75. The fourth-order valence-corrected chi connectivity index (χ4v) is 4.44. The van der Waals surface area contributed by atoms with E-state index in [-0.39, 0.29) is 18.6 Å². The van der Waals surface area contributed by atoms with Crippen LogP contribution in [0.4, 0.5) is 4.79 Å². The highest BCUT2D eigenvalue weighted by atomic mass is 32.2. The molecule has 2 aromatic rings. The van der Waals surface area contributed by atoms with E-state index in [2.05, 4.69) is 17.0 Å². The van der Waals surface area contributed by atoms with Crippen LogP contribution >= 0.6 is 11.8 Å². The zero-order valence-electron chi connectivity index (χ0n) is 20.7. The van der Waals surface area contributed by atoms with Gasteiger partial charge in [-0.1, -0.05) is 18.2 Å². The molecule has 1 aromatic heterocycles. The number of nitrogens with one attached hydrogen (secondary N) is 1. The molecule has 4 rings (SSSR count). The number of allylic oxidation sites excluding steroid dienone is 1. The molecule has 190 valence electrons. The molecule has 1 aromatic carbocycles. The second-order valence-electron chi connectivity index (χ2n) is 8.52. The van der Waals surface area contributed by atoms with E-state index in [9.17, 15) is 9.59 Å². The van der Waals surface area contributed by atoms with Crippen LogP contribution in [0.3, 0.4) is 0 Å². The van der Waals surface area contributed by atoms with E-state index >= 15 is 0 Å². The highest BCUT2D eigenvalue weighted by Crippen LogP contribution is 2.43. The third-order valence-electron chi connectivity index (χ3n) is 5.74. The predicted molar refractivity (Wildman–Crippen MR) is 141 cm³/mol. The number of cyclic esters (lactones) is 1. The van der Waals surface area contributed by atoms with Crippen LogP contribution in [0.1, 0.15) is 41.9 Å². The number of rotatable bonds is 10. The van der Waals surface area contributed by atoms with E-state index in [0.29, 0.717) is 55.4 Å². The van der Waals surface area contributed by atoms with E-state index in [4.69, 9.17) is 14.2 Å². The van der Waals surface area contributed by atoms with E-state index < -0.39 is 0 Å². The van der Waals surface area contributed by atoms with Crippen molar-refractivity contribution >= 4 is 36.0 Å². The highest BCUT2D eigenvalue weighted by molar-refractivity contribution is 8.05. The van der Waals surface area contributed by atoms with Gasteiger partial charge >= 0.3 is 6.09 Å². The summed E-state index contributed by atoms with van der Waals surface area (Å²) in [6.07, 6.45) is 4.16. The molecule has 0 aliphatic carbocycles. The van der Waals surface area contributed by atoms with Crippen molar-refractivity contribution in [2.75, 3.05) is 33.4 Å². The molecule has 9 nitrogen and oxygen atoms in total. The number of carbonyl (C=O) groups is 2. The fraction of sp³-hybridized carbons (Fsp3) is 0.346. The topological polar surface area (TPSA) is 94.9 Å². The molecule has 0 spiro atoms. The second kappa shape index (κ2) is 11.4. The number of aromatic nitrogens is 2. The maximum atomic E-state index is 13.1. The van der Waals surface area contributed by atoms with E-state index in [0.717, 1.165) is 22.4 Å². The summed E-state index contributed by atoms with van der Waals surface area (Å²) >= 11 is 1.42. The molecule has 0 saturated carbocycles. The summed E-state index contributed by atoms with van der Waals surface area (Å²) in [6, 6.07) is 3.87. The van der Waals surface area contributed by atoms with Crippen molar-refractivity contribution in [3.63, 3.8) is 0 Å². The quantitative estimate of drug-likeness (QED) is 0.461. The number of amides is 2. The van der Waals surface area contributed by atoms with Gasteiger partial charge in [-0.15, -0.1) is 11.8 Å². The Morgan fingerprint density at radius 2 is 2.17 bits per heavy atom. The first-order valence-corrected chi connectivity index (χ1v) is 12.6. The minimum atomic E-state index is -0.307. The lowest BCUT2D eigenvalue weighted by Gasteiger charge is -2.21. The Kier molecular flexibility index (Phi) is 8.04. The van der Waals surface area contributed by atoms with Gasteiger partial charge in [-0.2, -0.15) is 5.10 Å². The Balaban J connectivity index is 1.63. The average Bonchev–Trinajstić information content (AvgIpc) is 3.44. The van der Waals surface area contributed by atoms with Gasteiger partial charge in [0, 0.05) is 42.0 Å². The molecule has 0 unspecified atom stereocenters. The summed E-state index contributed by atoms with van der Waals surface area (Å²) in [5.74, 6) is 1.09. The SMILES string of the molecule is C=CSC=Cn1nc(C(=O)NCCCN2CCOC2=O)c2c1-c1cc(C=C(C)C)c(OC)cc1OC2. The molecule has 2 amide bonds. The van der Waals surface area contributed by atoms with Crippen molar-refractivity contribution in [2.45, 2.75) is 26.9 Å². The lowest BCUT2D eigenvalue weighted by atomic mass is 9.98. The van der Waals surface area contributed by atoms with Crippen LogP contribution in [-0.4, -0.2) is 60.0 Å². The van der Waals surface area contributed by atoms with Crippen molar-refractivity contribution < 1.29 is 23.8 Å². The molecule has 0 atom stereocenters. The van der Waals surface area contributed by atoms with Gasteiger partial charge in [0.15, 0.2) is 5.69 Å². The fourth-order valence-electron chi connectivity index (χ4n) is 4.15. The third-order valence-corrected chi connectivity index (χ3v) is 6.21. The van der Waals surface area contributed by atoms with Gasteiger partial charge in [-0.3, -0.25) is 4.79 Å². The molecule has 0 bridgehead atoms. The van der Waals surface area contributed by atoms with Gasteiger partial charge in [0.25, 0.3) is 5.91 Å². The summed E-state index contributed by atoms with van der Waals surface area (Å²) in [7, 11) is 1.63. The van der Waals surface area contributed by atoms with Crippen LogP contribution in [0.5, 0.6) is 11.5 Å². The first-order chi connectivity index (χ1) is 17.4. The molecule has 36 heavy (non-hydrogen) atoms. The second-order valence-corrected chi connectivity index (χ2v) is 9.40. The largest absolute Gasteiger partial charge is 0.496 e. The zero-order chi connectivity index (χ0) is 25.7. The average molecular weight is 511 g/mol. The first-order valence-electron chi connectivity index (χ1n) is 11.7. The van der Waals surface area contributed by atoms with Crippen LogP contribution in [0.25, 0.3) is 23.5 Å². The lowest BCUT2D eigenvalue weighted by Crippen LogP contribution is -2.31. The Morgan fingerprint density at radius 3 is 2.86 bits per heavy atom. The molecule has 2 aliphatic heterocycles. The number of thioether (sulfide) groups is 1. The van der Waals surface area contributed by atoms with Gasteiger partial charge in [0.2, 0.25) is 0 Å². The molecule has 0 radical (unpaired) electrons. The Hall–Kier alpha value is -3.66. The maximum absolute atomic E-state index is 13.1. The standard InChI is InChI=1S/C26H30N4O5S/c1-5-36-12-10-30-24-19-14-18(13-17(2)3)21(33-4)15-22(19)35-16-20(24)23(28-30)25(31)27-7-6-8-29-9-11-34-26(29)32/h5,10,12-15H,1,6-9,11,16H2,2-4H3,(H,27,31). The summed E-state index contributed by atoms with van der Waals surface area (Å²) in [5.41, 5.74) is 4.69. The van der Waals surface area contributed by atoms with Gasteiger partial charge in [0.05, 0.1) is 19.3 Å². The van der Waals surface area contributed by atoms with Crippen molar-refractivity contribution in [3.8, 4) is 22.8 Å². The number of nitrogens with zero attached hydrogens (tertiary/aromatic N) is 3. The lowest BCUT2D eigenvalue weighted by molar-refractivity contribution is 0.0944. The molecular formula is C26H30N4O5S. The monoisotopic (exact) mass is 510 g/mol. The van der Waals surface area contributed by atoms with Crippen LogP contribution < -0.4 is 14.8 Å². The summed E-state index contributed by atoms with van der Waals surface area (Å²) in [6.45, 7) is 9.91. The summed E-state index contributed by atoms with van der Waals surface area (Å²) in [4.78, 5) is 26.3. The van der Waals surface area contributed by atoms with E-state index in [1.54, 1.807) is 28.3 Å². The minimum Gasteiger partial charge on any atom is -0.496 e. The summed E-state index contributed by atoms with van der Waals surface area (Å²) < 4.78 is 18.3. The molecule has 3 heterocycles. The number of benzene rings is 1. The van der Waals surface area contributed by atoms with Crippen molar-refractivity contribution in [1.82, 2.24) is 20.0 Å². The summed E-state index contributed by atoms with van der Waals surface area (Å²) in [5, 5.41) is 11.1. The van der Waals surface area contributed by atoms with Crippen LogP contribution in [0, 0.1) is 0 Å².